The van der Waals surface area contributed by atoms with Crippen molar-refractivity contribution in [2.75, 3.05) is 13.6 Å². The van der Waals surface area contributed by atoms with Gasteiger partial charge in [-0.3, -0.25) is 4.79 Å². The Morgan fingerprint density at radius 3 is 2.37 bits per heavy atom. The van der Waals surface area contributed by atoms with Gasteiger partial charge in [-0.15, -0.1) is 0 Å². The minimum atomic E-state index is -1.20. The van der Waals surface area contributed by atoms with Crippen LogP contribution < -0.4 is 4.74 Å². The molecular weight excluding hydrogens is 638 g/mol. The molecule has 4 aliphatic rings. The second kappa shape index (κ2) is 16.9. The third-order valence-electron chi connectivity index (χ3n) is 12.0. The summed E-state index contributed by atoms with van der Waals surface area (Å²) in [6.45, 7) is 5.09. The fraction of sp³-hybridized carbons (Fsp3) is 0.591. The summed E-state index contributed by atoms with van der Waals surface area (Å²) in [5.74, 6) is 0.141. The molecule has 0 aromatic heterocycles. The molecule has 2 aromatic carbocycles. The van der Waals surface area contributed by atoms with E-state index >= 15 is 0 Å². The maximum absolute atomic E-state index is 14.0. The summed E-state index contributed by atoms with van der Waals surface area (Å²) in [7, 11) is 2.08. The van der Waals surface area contributed by atoms with E-state index in [-0.39, 0.29) is 12.5 Å². The number of likely N-dealkylation sites (tertiary alicyclic amines) is 1. The highest BCUT2D eigenvalue weighted by Crippen LogP contribution is 2.64. The van der Waals surface area contributed by atoms with Crippen molar-refractivity contribution < 1.29 is 28.9 Å². The normalized spacial score (nSPS) is 25.2. The number of aryl methyl sites for hydroxylation is 1. The van der Waals surface area contributed by atoms with Crippen molar-refractivity contribution in [2.24, 2.45) is 0 Å². The van der Waals surface area contributed by atoms with E-state index in [1.165, 1.54) is 56.9 Å². The molecule has 0 saturated carbocycles. The van der Waals surface area contributed by atoms with Crippen molar-refractivity contribution in [3.63, 3.8) is 0 Å². The summed E-state index contributed by atoms with van der Waals surface area (Å²) < 4.78 is 18.7. The molecule has 7 heteroatoms. The SMILES string of the molecule is CCCCCCCC/C=C/CCCCCCCC(=O)O[C@H](C(=O)OC1=CC[C@@]2(O)[C@H]3Cc4ccc(C)c5c4[C@@]2(CCN3C)[C@H]1O5)c1ccccc1. The van der Waals surface area contributed by atoms with Crippen LogP contribution in [0.1, 0.15) is 138 Å². The lowest BCUT2D eigenvalue weighted by molar-refractivity contribution is -0.176. The number of esters is 2. The summed E-state index contributed by atoms with van der Waals surface area (Å²) in [5.41, 5.74) is 2.08. The van der Waals surface area contributed by atoms with E-state index < -0.39 is 35.2 Å². The fourth-order valence-corrected chi connectivity index (χ4v) is 9.17. The number of ether oxygens (including phenoxy) is 3. The zero-order valence-electron chi connectivity index (χ0n) is 31.2. The number of carbonyl (C=O) groups is 2. The molecule has 7 nitrogen and oxygen atoms in total. The highest BCUT2D eigenvalue weighted by Gasteiger charge is 2.71. The number of nitrogens with zero attached hydrogens (tertiary/aromatic N) is 1. The van der Waals surface area contributed by atoms with Crippen LogP contribution in [0, 0.1) is 6.92 Å². The predicted octanol–water partition coefficient (Wildman–Crippen LogP) is 9.14. The molecule has 5 atom stereocenters. The van der Waals surface area contributed by atoms with Crippen molar-refractivity contribution in [2.45, 2.75) is 152 Å². The molecule has 1 saturated heterocycles. The van der Waals surface area contributed by atoms with Crippen LogP contribution in [0.25, 0.3) is 0 Å². The summed E-state index contributed by atoms with van der Waals surface area (Å²) >= 11 is 0. The number of unbranched alkanes of at least 4 members (excludes halogenated alkanes) is 11. The molecule has 0 radical (unpaired) electrons. The largest absolute Gasteiger partial charge is 0.481 e. The third kappa shape index (κ3) is 7.71. The van der Waals surface area contributed by atoms with Gasteiger partial charge in [-0.1, -0.05) is 113 Å². The molecule has 1 N–H and O–H groups in total. The van der Waals surface area contributed by atoms with E-state index in [0.29, 0.717) is 24.2 Å². The Balaban J connectivity index is 1.02. The van der Waals surface area contributed by atoms with Crippen molar-refractivity contribution in [1.82, 2.24) is 4.90 Å². The Kier molecular flexibility index (Phi) is 12.4. The Hall–Kier alpha value is -3.42. The highest BCUT2D eigenvalue weighted by atomic mass is 16.6. The van der Waals surface area contributed by atoms with Gasteiger partial charge in [0.15, 0.2) is 6.10 Å². The Bertz CT molecular complexity index is 1570. The minimum Gasteiger partial charge on any atom is -0.481 e. The predicted molar refractivity (Wildman–Crippen MR) is 200 cm³/mol. The van der Waals surface area contributed by atoms with Gasteiger partial charge in [-0.2, -0.15) is 0 Å². The van der Waals surface area contributed by atoms with E-state index in [9.17, 15) is 14.7 Å². The van der Waals surface area contributed by atoms with Gasteiger partial charge in [0.25, 0.3) is 0 Å². The number of hydrogen-bond donors (Lipinski definition) is 1. The van der Waals surface area contributed by atoms with Gasteiger partial charge in [0.05, 0.1) is 11.0 Å². The summed E-state index contributed by atoms with van der Waals surface area (Å²) in [5, 5.41) is 12.5. The van der Waals surface area contributed by atoms with Gasteiger partial charge >= 0.3 is 11.9 Å². The first-order valence-corrected chi connectivity index (χ1v) is 19.8. The smallest absolute Gasteiger partial charge is 0.357 e. The zero-order valence-corrected chi connectivity index (χ0v) is 31.2. The quantitative estimate of drug-likeness (QED) is 0.0891. The molecular formula is C44H59NO6. The van der Waals surface area contributed by atoms with Gasteiger partial charge in [-0.25, -0.2) is 4.79 Å². The van der Waals surface area contributed by atoms with Gasteiger partial charge in [0.1, 0.15) is 11.5 Å². The van der Waals surface area contributed by atoms with Crippen molar-refractivity contribution in [3.05, 3.63) is 88.7 Å². The molecule has 276 valence electrons. The molecule has 2 aliphatic carbocycles. The monoisotopic (exact) mass is 697 g/mol. The molecule has 0 unspecified atom stereocenters. The lowest BCUT2D eigenvalue weighted by atomic mass is 9.50. The van der Waals surface area contributed by atoms with E-state index in [2.05, 4.69) is 43.2 Å². The summed E-state index contributed by atoms with van der Waals surface area (Å²) in [6.07, 6.45) is 22.1. The topological polar surface area (TPSA) is 85.3 Å². The first kappa shape index (κ1) is 37.3. The van der Waals surface area contributed by atoms with E-state index in [4.69, 9.17) is 14.2 Å². The van der Waals surface area contributed by atoms with Gasteiger partial charge < -0.3 is 24.2 Å². The van der Waals surface area contributed by atoms with Gasteiger partial charge in [0.2, 0.25) is 6.10 Å². The van der Waals surface area contributed by atoms with Crippen LogP contribution in [0.2, 0.25) is 0 Å². The number of carbonyl (C=O) groups excluding carboxylic acids is 2. The van der Waals surface area contributed by atoms with Crippen LogP contribution in [0.4, 0.5) is 0 Å². The number of allylic oxidation sites excluding steroid dienone is 2. The van der Waals surface area contributed by atoms with Crippen LogP contribution in [-0.4, -0.2) is 53.3 Å². The molecule has 2 heterocycles. The Morgan fingerprint density at radius 1 is 0.961 bits per heavy atom. The van der Waals surface area contributed by atoms with Gasteiger partial charge in [-0.05, 0) is 82.7 Å². The minimum absolute atomic E-state index is 0.0680. The van der Waals surface area contributed by atoms with Crippen LogP contribution in [-0.2, 0) is 30.9 Å². The molecule has 0 amide bonds. The Labute approximate surface area is 305 Å². The van der Waals surface area contributed by atoms with E-state index in [1.54, 1.807) is 12.1 Å². The maximum Gasteiger partial charge on any atom is 0.357 e. The zero-order chi connectivity index (χ0) is 35.8. The lowest BCUT2D eigenvalue weighted by Crippen LogP contribution is -2.74. The van der Waals surface area contributed by atoms with Crippen molar-refractivity contribution in [1.29, 1.82) is 0 Å². The molecule has 1 fully saturated rings. The molecule has 2 aromatic rings. The van der Waals surface area contributed by atoms with Crippen LogP contribution in [0.3, 0.4) is 0 Å². The summed E-state index contributed by atoms with van der Waals surface area (Å²) in [4.78, 5) is 29.4. The third-order valence-corrected chi connectivity index (χ3v) is 12.0. The number of likely N-dealkylation sites (N-methyl/N-ethyl adjacent to an activating group) is 1. The maximum atomic E-state index is 14.0. The number of hydrogen-bond acceptors (Lipinski definition) is 7. The average Bonchev–Trinajstić information content (AvgIpc) is 3.49. The first-order chi connectivity index (χ1) is 24.8. The van der Waals surface area contributed by atoms with Crippen LogP contribution in [0.15, 0.2) is 66.5 Å². The number of rotatable bonds is 19. The lowest BCUT2D eigenvalue weighted by Gasteiger charge is -2.61. The van der Waals surface area contributed by atoms with Crippen LogP contribution >= 0.6 is 0 Å². The second-order valence-electron chi connectivity index (χ2n) is 15.4. The van der Waals surface area contributed by atoms with Crippen molar-refractivity contribution in [3.8, 4) is 5.75 Å². The van der Waals surface area contributed by atoms with Gasteiger partial charge in [0, 0.05) is 30.0 Å². The second-order valence-corrected chi connectivity index (χ2v) is 15.4. The molecule has 1 spiro atoms. The molecule has 6 rings (SSSR count). The number of benzene rings is 2. The van der Waals surface area contributed by atoms with Crippen molar-refractivity contribution >= 4 is 11.9 Å². The molecule has 2 aliphatic heterocycles. The first-order valence-electron chi connectivity index (χ1n) is 19.8. The average molecular weight is 698 g/mol. The number of aliphatic hydroxyl groups is 1. The summed E-state index contributed by atoms with van der Waals surface area (Å²) in [6, 6.07) is 13.3. The Morgan fingerprint density at radius 2 is 1.65 bits per heavy atom. The van der Waals surface area contributed by atoms with E-state index in [1.807, 2.05) is 31.2 Å². The highest BCUT2D eigenvalue weighted by molar-refractivity contribution is 5.82. The molecule has 51 heavy (non-hydrogen) atoms. The molecule has 2 bridgehead atoms. The van der Waals surface area contributed by atoms with Crippen LogP contribution in [0.5, 0.6) is 5.75 Å². The standard InChI is InChI=1S/C44H59NO6/c1-4-5-6-7-8-9-10-11-12-13-14-15-16-17-21-24-37(46)50-40(33-22-19-18-20-23-33)42(47)49-35-27-28-44(48)36-31-34-26-25-32(2)39-38(34)43(44,41(35)51-39)29-30-45(36)3/h11-12,18-20,22-23,25-27,36,40-41,48H,4-10,13-17,21,24,28-31H2,1-3H3/b12-11+/t36-,40+,41+,43+,44-/m1/s1. The van der Waals surface area contributed by atoms with E-state index in [0.717, 1.165) is 61.9 Å². The number of piperidine rings is 1. The fourth-order valence-electron chi connectivity index (χ4n) is 9.17.